The van der Waals surface area contributed by atoms with E-state index in [-0.39, 0.29) is 6.61 Å². The van der Waals surface area contributed by atoms with Crippen molar-refractivity contribution in [2.24, 2.45) is 5.92 Å². The van der Waals surface area contributed by atoms with Gasteiger partial charge in [0, 0.05) is 31.5 Å². The van der Waals surface area contributed by atoms with E-state index in [1.807, 2.05) is 0 Å². The first kappa shape index (κ1) is 10.7. The predicted molar refractivity (Wildman–Crippen MR) is 62.0 cm³/mol. The number of hydrogen-bond acceptors (Lipinski definition) is 2. The molecule has 2 rings (SSSR count). The van der Waals surface area contributed by atoms with Crippen molar-refractivity contribution in [2.75, 3.05) is 19.7 Å². The van der Waals surface area contributed by atoms with E-state index in [1.54, 1.807) is 0 Å². The smallest absolute Gasteiger partial charge is 0.0477 e. The summed E-state index contributed by atoms with van der Waals surface area (Å²) in [6.07, 6.45) is 1.09. The van der Waals surface area contributed by atoms with Crippen molar-refractivity contribution in [2.45, 2.75) is 19.3 Å². The van der Waals surface area contributed by atoms with Crippen LogP contribution in [-0.2, 0) is 6.42 Å². The first-order valence-electron chi connectivity index (χ1n) is 5.75. The van der Waals surface area contributed by atoms with Gasteiger partial charge in [0.1, 0.15) is 0 Å². The molecule has 1 aliphatic heterocycles. The Morgan fingerprint density at radius 3 is 2.60 bits per heavy atom. The SMILES string of the molecule is CCc1ccc([C@H]2CNC[C@H]2CO)cc1. The van der Waals surface area contributed by atoms with Crippen molar-refractivity contribution in [3.63, 3.8) is 0 Å². The molecular formula is C13H19NO. The summed E-state index contributed by atoms with van der Waals surface area (Å²) in [6, 6.07) is 8.81. The van der Waals surface area contributed by atoms with Crippen molar-refractivity contribution in [3.05, 3.63) is 35.4 Å². The van der Waals surface area contributed by atoms with Crippen LogP contribution in [0, 0.1) is 5.92 Å². The number of aryl methyl sites for hydroxylation is 1. The fraction of sp³-hybridized carbons (Fsp3) is 0.538. The highest BCUT2D eigenvalue weighted by atomic mass is 16.3. The van der Waals surface area contributed by atoms with Crippen LogP contribution in [0.3, 0.4) is 0 Å². The molecule has 2 nitrogen and oxygen atoms in total. The Balaban J connectivity index is 2.14. The molecule has 1 saturated heterocycles. The molecule has 82 valence electrons. The van der Waals surface area contributed by atoms with Gasteiger partial charge in [0.05, 0.1) is 0 Å². The minimum absolute atomic E-state index is 0.285. The molecule has 1 fully saturated rings. The maximum atomic E-state index is 9.26. The Morgan fingerprint density at radius 1 is 1.27 bits per heavy atom. The molecule has 1 aromatic rings. The van der Waals surface area contributed by atoms with Crippen LogP contribution < -0.4 is 5.32 Å². The van der Waals surface area contributed by atoms with Crippen LogP contribution in [0.4, 0.5) is 0 Å². The summed E-state index contributed by atoms with van der Waals surface area (Å²) in [7, 11) is 0. The van der Waals surface area contributed by atoms with Crippen molar-refractivity contribution >= 4 is 0 Å². The zero-order valence-corrected chi connectivity index (χ0v) is 9.24. The number of aliphatic hydroxyl groups is 1. The molecule has 0 unspecified atom stereocenters. The Hall–Kier alpha value is -0.860. The molecule has 0 aromatic heterocycles. The summed E-state index contributed by atoms with van der Waals surface area (Å²) < 4.78 is 0. The molecule has 2 atom stereocenters. The standard InChI is InChI=1S/C13H19NO/c1-2-10-3-5-11(6-4-10)13-8-14-7-12(13)9-15/h3-6,12-15H,2,7-9H2,1H3/t12-,13+/m0/s1. The highest BCUT2D eigenvalue weighted by molar-refractivity contribution is 5.27. The summed E-state index contributed by atoms with van der Waals surface area (Å²) in [4.78, 5) is 0. The molecule has 0 bridgehead atoms. The molecule has 1 heterocycles. The average Bonchev–Trinajstić information content (AvgIpc) is 2.77. The molecule has 2 heteroatoms. The van der Waals surface area contributed by atoms with E-state index in [0.29, 0.717) is 11.8 Å². The molecule has 15 heavy (non-hydrogen) atoms. The van der Waals surface area contributed by atoms with Crippen molar-refractivity contribution in [1.29, 1.82) is 0 Å². The number of nitrogens with one attached hydrogen (secondary N) is 1. The van der Waals surface area contributed by atoms with Gasteiger partial charge in [-0.3, -0.25) is 0 Å². The van der Waals surface area contributed by atoms with Crippen molar-refractivity contribution < 1.29 is 5.11 Å². The van der Waals surface area contributed by atoms with Crippen LogP contribution >= 0.6 is 0 Å². The van der Waals surface area contributed by atoms with Crippen molar-refractivity contribution in [3.8, 4) is 0 Å². The van der Waals surface area contributed by atoms with E-state index < -0.39 is 0 Å². The van der Waals surface area contributed by atoms with Gasteiger partial charge >= 0.3 is 0 Å². The quantitative estimate of drug-likeness (QED) is 0.784. The van der Waals surface area contributed by atoms with Gasteiger partial charge in [0.25, 0.3) is 0 Å². The van der Waals surface area contributed by atoms with E-state index in [9.17, 15) is 5.11 Å². The average molecular weight is 205 g/mol. The second-order valence-corrected chi connectivity index (χ2v) is 4.30. The number of rotatable bonds is 3. The molecule has 0 spiro atoms. The summed E-state index contributed by atoms with van der Waals surface area (Å²) in [5, 5.41) is 12.6. The molecule has 0 saturated carbocycles. The van der Waals surface area contributed by atoms with Gasteiger partial charge in [-0.05, 0) is 17.5 Å². The van der Waals surface area contributed by atoms with Gasteiger partial charge in [-0.25, -0.2) is 0 Å². The second kappa shape index (κ2) is 4.77. The lowest BCUT2D eigenvalue weighted by Gasteiger charge is -2.16. The lowest BCUT2D eigenvalue weighted by molar-refractivity contribution is 0.226. The first-order valence-corrected chi connectivity index (χ1v) is 5.75. The molecule has 0 radical (unpaired) electrons. The van der Waals surface area contributed by atoms with Crippen LogP contribution in [0.15, 0.2) is 24.3 Å². The fourth-order valence-electron chi connectivity index (χ4n) is 2.32. The molecule has 1 aromatic carbocycles. The monoisotopic (exact) mass is 205 g/mol. The van der Waals surface area contributed by atoms with Crippen LogP contribution in [0.1, 0.15) is 24.0 Å². The maximum Gasteiger partial charge on any atom is 0.0477 e. The molecule has 0 aliphatic carbocycles. The summed E-state index contributed by atoms with van der Waals surface area (Å²) in [6.45, 7) is 4.39. The minimum atomic E-state index is 0.285. The first-order chi connectivity index (χ1) is 7.35. The second-order valence-electron chi connectivity index (χ2n) is 4.30. The van der Waals surface area contributed by atoms with Gasteiger partial charge in [-0.1, -0.05) is 31.2 Å². The van der Waals surface area contributed by atoms with Crippen molar-refractivity contribution in [1.82, 2.24) is 5.32 Å². The maximum absolute atomic E-state index is 9.26. The molecule has 1 aliphatic rings. The van der Waals surface area contributed by atoms with E-state index in [0.717, 1.165) is 19.5 Å². The molecule has 0 amide bonds. The number of benzene rings is 1. The van der Waals surface area contributed by atoms with E-state index in [1.165, 1.54) is 11.1 Å². The minimum Gasteiger partial charge on any atom is -0.396 e. The zero-order chi connectivity index (χ0) is 10.7. The topological polar surface area (TPSA) is 32.3 Å². The summed E-state index contributed by atoms with van der Waals surface area (Å²) in [5.41, 5.74) is 2.74. The van der Waals surface area contributed by atoms with Gasteiger partial charge in [-0.2, -0.15) is 0 Å². The largest absolute Gasteiger partial charge is 0.396 e. The third-order valence-corrected chi connectivity index (χ3v) is 3.39. The van der Waals surface area contributed by atoms with Crippen LogP contribution in [-0.4, -0.2) is 24.8 Å². The van der Waals surface area contributed by atoms with E-state index >= 15 is 0 Å². The highest BCUT2D eigenvalue weighted by Gasteiger charge is 2.27. The van der Waals surface area contributed by atoms with Gasteiger partial charge in [0.2, 0.25) is 0 Å². The van der Waals surface area contributed by atoms with Gasteiger partial charge in [-0.15, -0.1) is 0 Å². The molecule has 2 N–H and O–H groups in total. The zero-order valence-electron chi connectivity index (χ0n) is 9.24. The Kier molecular flexibility index (Phi) is 3.39. The lowest BCUT2D eigenvalue weighted by Crippen LogP contribution is -2.14. The predicted octanol–water partition coefficient (Wildman–Crippen LogP) is 1.54. The fourth-order valence-corrected chi connectivity index (χ4v) is 2.32. The lowest BCUT2D eigenvalue weighted by atomic mass is 9.89. The van der Waals surface area contributed by atoms with E-state index in [4.69, 9.17) is 0 Å². The Morgan fingerprint density at radius 2 is 2.00 bits per heavy atom. The number of aliphatic hydroxyl groups excluding tert-OH is 1. The van der Waals surface area contributed by atoms with Crippen LogP contribution in [0.5, 0.6) is 0 Å². The summed E-state index contributed by atoms with van der Waals surface area (Å²) >= 11 is 0. The van der Waals surface area contributed by atoms with Gasteiger partial charge < -0.3 is 10.4 Å². The Bertz CT molecular complexity index is 307. The number of hydrogen-bond donors (Lipinski definition) is 2. The third kappa shape index (κ3) is 2.21. The van der Waals surface area contributed by atoms with Gasteiger partial charge in [0.15, 0.2) is 0 Å². The Labute approximate surface area is 91.3 Å². The van der Waals surface area contributed by atoms with E-state index in [2.05, 4.69) is 36.5 Å². The normalized spacial score (nSPS) is 25.7. The van der Waals surface area contributed by atoms with Crippen LogP contribution in [0.2, 0.25) is 0 Å². The molecular weight excluding hydrogens is 186 g/mol. The summed E-state index contributed by atoms with van der Waals surface area (Å²) in [5.74, 6) is 0.874. The highest BCUT2D eigenvalue weighted by Crippen LogP contribution is 2.27. The van der Waals surface area contributed by atoms with Crippen LogP contribution in [0.25, 0.3) is 0 Å². The third-order valence-electron chi connectivity index (χ3n) is 3.39.